The van der Waals surface area contributed by atoms with Crippen LogP contribution in [-0.2, 0) is 9.53 Å². The minimum Gasteiger partial charge on any atom is -0.449 e. The number of hydrogen-bond acceptors (Lipinski definition) is 6. The van der Waals surface area contributed by atoms with E-state index < -0.39 is 17.5 Å². The third-order valence-electron chi connectivity index (χ3n) is 4.69. The monoisotopic (exact) mass is 509 g/mol. The Labute approximate surface area is 193 Å². The van der Waals surface area contributed by atoms with Crippen molar-refractivity contribution in [1.29, 1.82) is 0 Å². The normalized spacial score (nSPS) is 14.5. The fourth-order valence-corrected chi connectivity index (χ4v) is 4.22. The van der Waals surface area contributed by atoms with Crippen LogP contribution in [0.15, 0.2) is 34.1 Å². The number of halogens is 1. The first kappa shape index (κ1) is 23.1. The summed E-state index contributed by atoms with van der Waals surface area (Å²) in [5.41, 5.74) is 0.908. The zero-order valence-electron chi connectivity index (χ0n) is 17.5. The molecule has 1 aromatic carbocycles. The van der Waals surface area contributed by atoms with Crippen molar-refractivity contribution in [3.05, 3.63) is 39.7 Å². The first-order chi connectivity index (χ1) is 14.7. The van der Waals surface area contributed by atoms with Gasteiger partial charge in [-0.2, -0.15) is 0 Å². The smallest absolute Gasteiger partial charge is 0.414 e. The number of rotatable bonds is 5. The van der Waals surface area contributed by atoms with Crippen molar-refractivity contribution in [2.75, 3.05) is 23.4 Å². The molecule has 3 rings (SSSR count). The molecule has 2 heterocycles. The number of anilines is 2. The van der Waals surface area contributed by atoms with E-state index in [2.05, 4.69) is 26.6 Å². The zero-order valence-corrected chi connectivity index (χ0v) is 19.9. The lowest BCUT2D eigenvalue weighted by molar-refractivity contribution is -0.121. The van der Waals surface area contributed by atoms with Gasteiger partial charge in [0.05, 0.1) is 16.1 Å². The van der Waals surface area contributed by atoms with Gasteiger partial charge >= 0.3 is 12.2 Å². The van der Waals surface area contributed by atoms with Crippen LogP contribution in [-0.4, -0.2) is 36.8 Å². The van der Waals surface area contributed by atoms with E-state index in [9.17, 15) is 14.4 Å². The molecule has 3 amide bonds. The summed E-state index contributed by atoms with van der Waals surface area (Å²) in [4.78, 5) is 38.7. The zero-order chi connectivity index (χ0) is 22.6. The van der Waals surface area contributed by atoms with Gasteiger partial charge in [0.1, 0.15) is 5.54 Å². The van der Waals surface area contributed by atoms with E-state index in [1.165, 1.54) is 11.3 Å². The Morgan fingerprint density at radius 2 is 2.00 bits per heavy atom. The van der Waals surface area contributed by atoms with E-state index in [0.717, 1.165) is 27.9 Å². The van der Waals surface area contributed by atoms with Crippen molar-refractivity contribution in [1.82, 2.24) is 5.32 Å². The molecule has 8 nitrogen and oxygen atoms in total. The molecule has 1 aliphatic heterocycles. The number of nitrogens with zero attached hydrogens (tertiary/aromatic N) is 1. The Hall–Kier alpha value is -2.59. The van der Waals surface area contributed by atoms with E-state index in [4.69, 9.17) is 9.47 Å². The number of aryl methyl sites for hydroxylation is 1. The average Bonchev–Trinajstić information content (AvgIpc) is 2.96. The molecule has 0 saturated carbocycles. The highest BCUT2D eigenvalue weighted by Gasteiger charge is 2.31. The molecule has 0 spiro atoms. The third-order valence-corrected chi connectivity index (χ3v) is 6.19. The van der Waals surface area contributed by atoms with Crippen molar-refractivity contribution < 1.29 is 23.9 Å². The van der Waals surface area contributed by atoms with Gasteiger partial charge in [0, 0.05) is 12.2 Å². The number of carbonyl (C=O) groups excluding carboxylic acids is 3. The highest BCUT2D eigenvalue weighted by Crippen LogP contribution is 2.29. The van der Waals surface area contributed by atoms with E-state index in [0.29, 0.717) is 23.9 Å². The molecule has 0 unspecified atom stereocenters. The van der Waals surface area contributed by atoms with Crippen molar-refractivity contribution in [3.8, 4) is 5.06 Å². The molecular weight excluding hydrogens is 486 g/mol. The van der Waals surface area contributed by atoms with Crippen LogP contribution in [0.25, 0.3) is 0 Å². The van der Waals surface area contributed by atoms with Gasteiger partial charge in [0.2, 0.25) is 5.91 Å². The number of amides is 3. The number of thiophene rings is 1. The van der Waals surface area contributed by atoms with Gasteiger partial charge in [-0.3, -0.25) is 9.69 Å². The molecule has 1 aromatic heterocycles. The summed E-state index contributed by atoms with van der Waals surface area (Å²) < 4.78 is 11.2. The van der Waals surface area contributed by atoms with Crippen LogP contribution < -0.4 is 20.3 Å². The quantitative estimate of drug-likeness (QED) is 0.586. The summed E-state index contributed by atoms with van der Waals surface area (Å²) in [6.07, 6.45) is 0.617. The topological polar surface area (TPSA) is 97.0 Å². The summed E-state index contributed by atoms with van der Waals surface area (Å²) in [6, 6.07) is 8.70. The maximum atomic E-state index is 12.8. The lowest BCUT2D eigenvalue weighted by Gasteiger charge is -2.25. The van der Waals surface area contributed by atoms with E-state index in [1.54, 1.807) is 49.1 Å². The minimum atomic E-state index is -1.22. The maximum absolute atomic E-state index is 12.8. The van der Waals surface area contributed by atoms with Crippen LogP contribution in [0.5, 0.6) is 5.06 Å². The Kier molecular flexibility index (Phi) is 7.22. The lowest BCUT2D eigenvalue weighted by Crippen LogP contribution is -2.53. The van der Waals surface area contributed by atoms with Crippen LogP contribution in [0.2, 0.25) is 0 Å². The van der Waals surface area contributed by atoms with Gasteiger partial charge in [-0.15, -0.1) is 0 Å². The summed E-state index contributed by atoms with van der Waals surface area (Å²) in [5, 5.41) is 5.79. The number of ether oxygens (including phenoxy) is 2. The fourth-order valence-electron chi connectivity index (χ4n) is 3.02. The molecule has 0 radical (unpaired) electrons. The lowest BCUT2D eigenvalue weighted by atomic mass is 10.0. The second-order valence-corrected chi connectivity index (χ2v) is 10.1. The van der Waals surface area contributed by atoms with Crippen LogP contribution in [0.1, 0.15) is 32.3 Å². The number of benzene rings is 1. The summed E-state index contributed by atoms with van der Waals surface area (Å²) >= 11 is 4.57. The second kappa shape index (κ2) is 9.69. The highest BCUT2D eigenvalue weighted by atomic mass is 79.9. The fraction of sp³-hybridized carbons (Fsp3) is 0.381. The SMILES string of the molecule is Cc1cc(NC(=O)C(C)(C)NC(=O)Oc2ccc(Br)s2)ccc1N1CCCCOC1=O. The Bertz CT molecular complexity index is 991. The molecule has 2 aromatic rings. The van der Waals surface area contributed by atoms with Gasteiger partial charge in [-0.05, 0) is 85.4 Å². The van der Waals surface area contributed by atoms with Gasteiger partial charge in [0.15, 0.2) is 5.06 Å². The number of hydrogen-bond donors (Lipinski definition) is 2. The number of carbonyl (C=O) groups is 3. The number of nitrogens with one attached hydrogen (secondary N) is 2. The van der Waals surface area contributed by atoms with Gasteiger partial charge in [0.25, 0.3) is 0 Å². The van der Waals surface area contributed by atoms with Crippen LogP contribution >= 0.6 is 27.3 Å². The van der Waals surface area contributed by atoms with Crippen LogP contribution in [0, 0.1) is 6.92 Å². The molecule has 1 aliphatic rings. The van der Waals surface area contributed by atoms with Crippen LogP contribution in [0.4, 0.5) is 21.0 Å². The van der Waals surface area contributed by atoms with Gasteiger partial charge in [-0.25, -0.2) is 9.59 Å². The number of cyclic esters (lactones) is 1. The molecular formula is C21H24BrN3O5S. The van der Waals surface area contributed by atoms with Crippen molar-refractivity contribution in [3.63, 3.8) is 0 Å². The highest BCUT2D eigenvalue weighted by molar-refractivity contribution is 9.11. The predicted molar refractivity (Wildman–Crippen MR) is 123 cm³/mol. The van der Waals surface area contributed by atoms with Crippen molar-refractivity contribution >= 4 is 56.7 Å². The van der Waals surface area contributed by atoms with Crippen molar-refractivity contribution in [2.45, 2.75) is 39.2 Å². The molecule has 0 atom stereocenters. The van der Waals surface area contributed by atoms with Crippen molar-refractivity contribution in [2.24, 2.45) is 0 Å². The van der Waals surface area contributed by atoms with Gasteiger partial charge < -0.3 is 20.1 Å². The third kappa shape index (κ3) is 5.98. The largest absolute Gasteiger partial charge is 0.449 e. The Morgan fingerprint density at radius 3 is 2.68 bits per heavy atom. The Morgan fingerprint density at radius 1 is 1.23 bits per heavy atom. The standard InChI is InChI=1S/C21H24BrN3O5S/c1-13-12-14(6-7-15(13)25-10-4-5-11-29-20(25)28)23-18(26)21(2,3)24-19(27)30-17-9-8-16(22)31-17/h6-9,12H,4-5,10-11H2,1-3H3,(H,23,26)(H,24,27). The molecule has 0 bridgehead atoms. The van der Waals surface area contributed by atoms with Gasteiger partial charge in [-0.1, -0.05) is 11.3 Å². The first-order valence-corrected chi connectivity index (χ1v) is 11.4. The molecule has 1 fully saturated rings. The van der Waals surface area contributed by atoms with Crippen LogP contribution in [0.3, 0.4) is 0 Å². The summed E-state index contributed by atoms with van der Waals surface area (Å²) in [7, 11) is 0. The predicted octanol–water partition coefficient (Wildman–Crippen LogP) is 5.06. The second-order valence-electron chi connectivity index (χ2n) is 7.63. The van der Waals surface area contributed by atoms with E-state index in [-0.39, 0.29) is 6.09 Å². The Balaban J connectivity index is 1.64. The van der Waals surface area contributed by atoms with E-state index >= 15 is 0 Å². The summed E-state index contributed by atoms with van der Waals surface area (Å²) in [5.74, 6) is -0.404. The molecule has 10 heteroatoms. The molecule has 1 saturated heterocycles. The average molecular weight is 510 g/mol. The summed E-state index contributed by atoms with van der Waals surface area (Å²) in [6.45, 7) is 6.05. The molecule has 31 heavy (non-hydrogen) atoms. The first-order valence-electron chi connectivity index (χ1n) is 9.77. The molecule has 0 aliphatic carbocycles. The maximum Gasteiger partial charge on any atom is 0.414 e. The minimum absolute atomic E-state index is 0.362. The molecule has 2 N–H and O–H groups in total. The van der Waals surface area contributed by atoms with E-state index in [1.807, 2.05) is 6.92 Å². The molecule has 166 valence electrons.